The van der Waals surface area contributed by atoms with Crippen LogP contribution >= 0.6 is 0 Å². The van der Waals surface area contributed by atoms with Crippen molar-refractivity contribution in [2.45, 2.75) is 25.8 Å². The van der Waals surface area contributed by atoms with Crippen molar-refractivity contribution in [1.29, 1.82) is 0 Å². The summed E-state index contributed by atoms with van der Waals surface area (Å²) in [5.74, 6) is 0. The molecule has 1 nitrogen and oxygen atoms in total. The van der Waals surface area contributed by atoms with Crippen molar-refractivity contribution in [3.05, 3.63) is 103 Å². The Bertz CT molecular complexity index is 1490. The first-order valence-corrected chi connectivity index (χ1v) is 13.4. The molecule has 32 heavy (non-hydrogen) atoms. The van der Waals surface area contributed by atoms with Crippen molar-refractivity contribution >= 4 is 56.6 Å². The van der Waals surface area contributed by atoms with E-state index < -0.39 is 8.07 Å². The molecule has 1 aliphatic rings. The summed E-state index contributed by atoms with van der Waals surface area (Å²) in [6.45, 7) is 7.32. The standard InChI is InChI=1S/C30H27NSi/c1-30(2,3)32(25-17-16-21-10-4-5-11-22(21)18-25)28-15-9-8-14-26(28)31-27-19-23-12-6-7-13-24(23)20-29(27)32/h4-20,31H,1-3H3/t32-/m0/s1. The fourth-order valence-electron chi connectivity index (χ4n) is 5.84. The lowest BCUT2D eigenvalue weighted by Crippen LogP contribution is -2.74. The van der Waals surface area contributed by atoms with Crippen LogP contribution in [-0.4, -0.2) is 8.07 Å². The number of benzene rings is 5. The molecule has 0 saturated heterocycles. The van der Waals surface area contributed by atoms with Gasteiger partial charge in [-0.3, -0.25) is 0 Å². The molecule has 0 radical (unpaired) electrons. The minimum absolute atomic E-state index is 0.0743. The van der Waals surface area contributed by atoms with E-state index in [1.165, 1.54) is 48.5 Å². The smallest absolute Gasteiger partial charge is 0.158 e. The minimum Gasteiger partial charge on any atom is -0.356 e. The van der Waals surface area contributed by atoms with Gasteiger partial charge in [-0.25, -0.2) is 0 Å². The van der Waals surface area contributed by atoms with Crippen LogP contribution in [0.15, 0.2) is 103 Å². The molecule has 2 heteroatoms. The van der Waals surface area contributed by atoms with E-state index in [1.54, 1.807) is 0 Å². The lowest BCUT2D eigenvalue weighted by atomic mass is 10.1. The molecule has 6 rings (SSSR count). The zero-order valence-corrected chi connectivity index (χ0v) is 19.8. The molecule has 0 saturated carbocycles. The molecule has 0 unspecified atom stereocenters. The van der Waals surface area contributed by atoms with Gasteiger partial charge >= 0.3 is 0 Å². The molecule has 1 aliphatic heterocycles. The molecule has 5 aromatic carbocycles. The summed E-state index contributed by atoms with van der Waals surface area (Å²) in [7, 11) is -2.40. The number of hydrogen-bond acceptors (Lipinski definition) is 1. The third-order valence-electron chi connectivity index (χ3n) is 7.20. The molecular formula is C30H27NSi. The number of fused-ring (bicyclic) bond motifs is 4. The average Bonchev–Trinajstić information content (AvgIpc) is 2.80. The second-order valence-corrected chi connectivity index (χ2v) is 14.6. The summed E-state index contributed by atoms with van der Waals surface area (Å²) in [5, 5.41) is 13.5. The first kappa shape index (κ1) is 19.3. The molecule has 156 valence electrons. The van der Waals surface area contributed by atoms with Gasteiger partial charge in [-0.1, -0.05) is 112 Å². The summed E-state index contributed by atoms with van der Waals surface area (Å²) >= 11 is 0. The van der Waals surface area contributed by atoms with Crippen LogP contribution in [-0.2, 0) is 0 Å². The monoisotopic (exact) mass is 429 g/mol. The summed E-state index contributed by atoms with van der Waals surface area (Å²) < 4.78 is 0. The van der Waals surface area contributed by atoms with Gasteiger partial charge in [0.05, 0.1) is 0 Å². The molecule has 0 aromatic heterocycles. The fraction of sp³-hybridized carbons (Fsp3) is 0.133. The van der Waals surface area contributed by atoms with Gasteiger partial charge in [0.25, 0.3) is 0 Å². The third kappa shape index (κ3) is 2.63. The van der Waals surface area contributed by atoms with Crippen LogP contribution in [0.25, 0.3) is 21.5 Å². The Labute approximate surface area is 190 Å². The first-order chi connectivity index (χ1) is 15.5. The number of anilines is 2. The maximum Gasteiger partial charge on any atom is 0.158 e. The van der Waals surface area contributed by atoms with Crippen LogP contribution in [0, 0.1) is 0 Å². The Morgan fingerprint density at radius 2 is 1.12 bits per heavy atom. The molecule has 0 aliphatic carbocycles. The van der Waals surface area contributed by atoms with Gasteiger partial charge < -0.3 is 5.32 Å². The van der Waals surface area contributed by atoms with E-state index in [0.29, 0.717) is 0 Å². The van der Waals surface area contributed by atoms with E-state index >= 15 is 0 Å². The highest BCUT2D eigenvalue weighted by Crippen LogP contribution is 2.42. The first-order valence-electron chi connectivity index (χ1n) is 11.4. The normalized spacial score (nSPS) is 17.6. The van der Waals surface area contributed by atoms with Gasteiger partial charge in [0.15, 0.2) is 8.07 Å². The predicted molar refractivity (Wildman–Crippen MR) is 142 cm³/mol. The van der Waals surface area contributed by atoms with Crippen LogP contribution in [0.2, 0.25) is 5.04 Å². The quantitative estimate of drug-likeness (QED) is 0.307. The van der Waals surface area contributed by atoms with E-state index in [0.717, 1.165) is 0 Å². The topological polar surface area (TPSA) is 12.0 Å². The summed E-state index contributed by atoms with van der Waals surface area (Å²) in [4.78, 5) is 0. The highest BCUT2D eigenvalue weighted by atomic mass is 28.3. The molecule has 1 heterocycles. The van der Waals surface area contributed by atoms with Crippen molar-refractivity contribution in [2.24, 2.45) is 0 Å². The summed E-state index contributed by atoms with van der Waals surface area (Å²) in [6, 6.07) is 38.5. The van der Waals surface area contributed by atoms with Crippen molar-refractivity contribution in [2.75, 3.05) is 5.32 Å². The van der Waals surface area contributed by atoms with Crippen molar-refractivity contribution in [3.8, 4) is 0 Å². The van der Waals surface area contributed by atoms with Gasteiger partial charge in [-0.2, -0.15) is 0 Å². The van der Waals surface area contributed by atoms with E-state index in [2.05, 4.69) is 129 Å². The van der Waals surface area contributed by atoms with Crippen LogP contribution in [0.4, 0.5) is 11.4 Å². The number of rotatable bonds is 1. The summed E-state index contributed by atoms with van der Waals surface area (Å²) in [6.07, 6.45) is 0. The van der Waals surface area contributed by atoms with Crippen molar-refractivity contribution in [1.82, 2.24) is 0 Å². The molecule has 0 spiro atoms. The molecule has 0 bridgehead atoms. The van der Waals surface area contributed by atoms with Gasteiger partial charge in [-0.15, -0.1) is 0 Å². The zero-order valence-electron chi connectivity index (χ0n) is 18.8. The largest absolute Gasteiger partial charge is 0.356 e. The average molecular weight is 430 g/mol. The lowest BCUT2D eigenvalue weighted by Gasteiger charge is -2.48. The fourth-order valence-corrected chi connectivity index (χ4v) is 11.7. The summed E-state index contributed by atoms with van der Waals surface area (Å²) in [5.41, 5.74) is 2.52. The number of nitrogens with one attached hydrogen (secondary N) is 1. The maximum atomic E-state index is 3.80. The SMILES string of the molecule is CC(C)(C)[Si@@]1(c2ccc3ccccc3c2)c2ccccc2Nc2cc3ccccc3cc21. The van der Waals surface area contributed by atoms with E-state index in [9.17, 15) is 0 Å². The number of hydrogen-bond donors (Lipinski definition) is 1. The maximum absolute atomic E-state index is 3.80. The Hall–Kier alpha value is -3.36. The highest BCUT2D eigenvalue weighted by molar-refractivity contribution is 7.15. The zero-order chi connectivity index (χ0) is 21.9. The molecular weight excluding hydrogens is 402 g/mol. The van der Waals surface area contributed by atoms with E-state index in [4.69, 9.17) is 0 Å². The van der Waals surface area contributed by atoms with Crippen LogP contribution in [0.5, 0.6) is 0 Å². The van der Waals surface area contributed by atoms with Gasteiger partial charge in [-0.05, 0) is 54.3 Å². The Morgan fingerprint density at radius 1 is 0.531 bits per heavy atom. The minimum atomic E-state index is -2.40. The lowest BCUT2D eigenvalue weighted by molar-refractivity contribution is 0.739. The molecule has 1 atom stereocenters. The molecule has 0 amide bonds. The van der Waals surface area contributed by atoms with Crippen LogP contribution in [0.1, 0.15) is 20.8 Å². The molecule has 5 aromatic rings. The Balaban J connectivity index is 1.78. The molecule has 0 fully saturated rings. The Kier molecular flexibility index (Phi) is 4.12. The molecule has 1 N–H and O–H groups in total. The van der Waals surface area contributed by atoms with Gasteiger partial charge in [0.2, 0.25) is 0 Å². The van der Waals surface area contributed by atoms with E-state index in [1.807, 2.05) is 0 Å². The third-order valence-corrected chi connectivity index (χ3v) is 13.1. The second kappa shape index (κ2) is 6.82. The van der Waals surface area contributed by atoms with Crippen molar-refractivity contribution in [3.63, 3.8) is 0 Å². The van der Waals surface area contributed by atoms with Crippen LogP contribution < -0.4 is 20.9 Å². The number of para-hydroxylation sites is 1. The second-order valence-electron chi connectivity index (χ2n) is 9.98. The predicted octanol–water partition coefficient (Wildman–Crippen LogP) is 6.32. The van der Waals surface area contributed by atoms with Gasteiger partial charge in [0, 0.05) is 11.4 Å². The van der Waals surface area contributed by atoms with Gasteiger partial charge in [0.1, 0.15) is 0 Å². The highest BCUT2D eigenvalue weighted by Gasteiger charge is 2.53. The Morgan fingerprint density at radius 3 is 1.84 bits per heavy atom. The van der Waals surface area contributed by atoms with Crippen molar-refractivity contribution < 1.29 is 0 Å². The van der Waals surface area contributed by atoms with Crippen LogP contribution in [0.3, 0.4) is 0 Å². The van der Waals surface area contributed by atoms with E-state index in [-0.39, 0.29) is 5.04 Å².